The number of anilines is 1. The van der Waals surface area contributed by atoms with Crippen LogP contribution in [0.4, 0.5) is 5.82 Å². The van der Waals surface area contributed by atoms with E-state index in [0.29, 0.717) is 36.8 Å². The maximum atomic E-state index is 10.7. The fourth-order valence-corrected chi connectivity index (χ4v) is 3.18. The third-order valence-electron chi connectivity index (χ3n) is 4.24. The molecule has 2 aromatic heterocycles. The molecule has 1 atom stereocenters. The van der Waals surface area contributed by atoms with E-state index in [4.69, 9.17) is 15.2 Å². The van der Waals surface area contributed by atoms with Gasteiger partial charge in [0.15, 0.2) is 5.82 Å². The van der Waals surface area contributed by atoms with Crippen LogP contribution in [0.25, 0.3) is 21.9 Å². The molecule has 0 aliphatic carbocycles. The molecule has 0 fully saturated rings. The molecule has 4 rings (SSSR count). The van der Waals surface area contributed by atoms with Gasteiger partial charge in [-0.3, -0.25) is 0 Å². The number of benzene rings is 1. The molecule has 7 heteroatoms. The Labute approximate surface area is 139 Å². The third kappa shape index (κ3) is 2.28. The van der Waals surface area contributed by atoms with Gasteiger partial charge in [-0.05, 0) is 26.0 Å². The summed E-state index contributed by atoms with van der Waals surface area (Å²) < 4.78 is 13.4. The van der Waals surface area contributed by atoms with Crippen molar-refractivity contribution in [3.05, 3.63) is 24.0 Å². The van der Waals surface area contributed by atoms with E-state index in [-0.39, 0.29) is 6.61 Å². The first-order chi connectivity index (χ1) is 11.5. The molecule has 0 radical (unpaired) electrons. The summed E-state index contributed by atoms with van der Waals surface area (Å²) in [5.41, 5.74) is 7.30. The molecule has 0 saturated carbocycles. The minimum absolute atomic E-state index is 0.184. The quantitative estimate of drug-likeness (QED) is 0.762. The lowest BCUT2D eigenvalue weighted by Crippen LogP contribution is -2.38. The van der Waals surface area contributed by atoms with Crippen LogP contribution >= 0.6 is 0 Å². The Morgan fingerprint density at radius 2 is 2.25 bits per heavy atom. The summed E-state index contributed by atoms with van der Waals surface area (Å²) in [7, 11) is 0. The smallest absolute Gasteiger partial charge is 0.152 e. The van der Waals surface area contributed by atoms with Crippen LogP contribution in [0.15, 0.2) is 18.2 Å². The lowest BCUT2D eigenvalue weighted by atomic mass is 10.1. The number of aliphatic hydroxyl groups is 1. The van der Waals surface area contributed by atoms with Crippen LogP contribution in [-0.2, 0) is 17.9 Å². The van der Waals surface area contributed by atoms with E-state index >= 15 is 0 Å². The van der Waals surface area contributed by atoms with E-state index in [1.54, 1.807) is 6.92 Å². The first kappa shape index (κ1) is 15.2. The number of pyridine rings is 1. The van der Waals surface area contributed by atoms with Crippen molar-refractivity contribution in [1.29, 1.82) is 0 Å². The van der Waals surface area contributed by atoms with Crippen LogP contribution in [0.2, 0.25) is 0 Å². The van der Waals surface area contributed by atoms with Gasteiger partial charge in [0.1, 0.15) is 35.9 Å². The predicted molar refractivity (Wildman–Crippen MR) is 90.9 cm³/mol. The van der Waals surface area contributed by atoms with Crippen molar-refractivity contribution in [2.75, 3.05) is 18.9 Å². The van der Waals surface area contributed by atoms with Crippen LogP contribution < -0.4 is 10.5 Å². The molecule has 24 heavy (non-hydrogen) atoms. The molecule has 3 aromatic rings. The van der Waals surface area contributed by atoms with Gasteiger partial charge in [-0.15, -0.1) is 0 Å². The second-order valence-electron chi connectivity index (χ2n) is 6.38. The summed E-state index contributed by atoms with van der Waals surface area (Å²) in [4.78, 5) is 9.10. The van der Waals surface area contributed by atoms with Gasteiger partial charge in [-0.1, -0.05) is 6.07 Å². The maximum absolute atomic E-state index is 10.7. The zero-order chi connectivity index (χ0) is 16.9. The third-order valence-corrected chi connectivity index (χ3v) is 4.24. The number of nitrogen functional groups attached to an aromatic ring is 1. The number of ether oxygens (including phenoxy) is 2. The van der Waals surface area contributed by atoms with Crippen molar-refractivity contribution in [3.63, 3.8) is 0 Å². The predicted octanol–water partition coefficient (Wildman–Crippen LogP) is 1.85. The second kappa shape index (κ2) is 5.32. The van der Waals surface area contributed by atoms with Crippen molar-refractivity contribution >= 4 is 27.8 Å². The minimum Gasteiger partial charge on any atom is -0.490 e. The number of nitrogens with two attached hydrogens (primary N) is 1. The number of rotatable bonds is 3. The fraction of sp³-hybridized carbons (Fsp3) is 0.412. The molecule has 1 aliphatic heterocycles. The molecule has 0 bridgehead atoms. The zero-order valence-electron chi connectivity index (χ0n) is 13.7. The van der Waals surface area contributed by atoms with Crippen molar-refractivity contribution in [3.8, 4) is 5.75 Å². The van der Waals surface area contributed by atoms with Crippen LogP contribution in [0.1, 0.15) is 19.7 Å². The Bertz CT molecular complexity index is 933. The number of imidazole rings is 1. The first-order valence-electron chi connectivity index (χ1n) is 8.00. The molecular formula is C17H20N4O3. The summed E-state index contributed by atoms with van der Waals surface area (Å²) in [6, 6.07) is 5.64. The molecule has 3 heterocycles. The minimum atomic E-state index is -1.04. The average Bonchev–Trinajstić information content (AvgIpc) is 2.88. The monoisotopic (exact) mass is 328 g/mol. The van der Waals surface area contributed by atoms with E-state index in [9.17, 15) is 5.11 Å². The van der Waals surface area contributed by atoms with Crippen LogP contribution in [0, 0.1) is 0 Å². The standard InChI is InChI=1S/C17H20N4O3/c1-3-23-7-12-20-14-15-13-10(19-16(14)18)5-4-6-11(13)24-9-17(2,22)8-21(12)15/h4-6,22H,3,7-9H2,1-2H3,(H2,18,19)/t17-/m0/s1. The van der Waals surface area contributed by atoms with Crippen LogP contribution in [0.3, 0.4) is 0 Å². The van der Waals surface area contributed by atoms with Crippen molar-refractivity contribution < 1.29 is 14.6 Å². The Hall–Kier alpha value is -2.38. The highest BCUT2D eigenvalue weighted by Gasteiger charge is 2.30. The average molecular weight is 328 g/mol. The molecule has 0 spiro atoms. The van der Waals surface area contributed by atoms with Gasteiger partial charge in [0, 0.05) is 6.61 Å². The molecule has 0 amide bonds. The van der Waals surface area contributed by atoms with Gasteiger partial charge in [0.25, 0.3) is 0 Å². The highest BCUT2D eigenvalue weighted by molar-refractivity contribution is 6.09. The molecule has 7 nitrogen and oxygen atoms in total. The van der Waals surface area contributed by atoms with Gasteiger partial charge in [0.2, 0.25) is 0 Å². The number of hydrogen-bond acceptors (Lipinski definition) is 6. The Kier molecular flexibility index (Phi) is 3.36. The first-order valence-corrected chi connectivity index (χ1v) is 8.00. The SMILES string of the molecule is CCOCc1nc2c(N)nc3cccc4c3c2n1C[C@](C)(O)CO4. The van der Waals surface area contributed by atoms with Crippen LogP contribution in [-0.4, -0.2) is 38.5 Å². The summed E-state index contributed by atoms with van der Waals surface area (Å²) >= 11 is 0. The summed E-state index contributed by atoms with van der Waals surface area (Å²) in [6.07, 6.45) is 0. The molecule has 1 aliphatic rings. The zero-order valence-corrected chi connectivity index (χ0v) is 13.7. The highest BCUT2D eigenvalue weighted by atomic mass is 16.5. The summed E-state index contributed by atoms with van der Waals surface area (Å²) in [6.45, 7) is 5.15. The fourth-order valence-electron chi connectivity index (χ4n) is 3.18. The van der Waals surface area contributed by atoms with Gasteiger partial charge < -0.3 is 24.9 Å². The van der Waals surface area contributed by atoms with Crippen molar-refractivity contribution in [2.24, 2.45) is 0 Å². The molecule has 3 N–H and O–H groups in total. The van der Waals surface area contributed by atoms with Crippen molar-refractivity contribution in [1.82, 2.24) is 14.5 Å². The normalized spacial score (nSPS) is 20.3. The van der Waals surface area contributed by atoms with E-state index < -0.39 is 5.60 Å². The van der Waals surface area contributed by atoms with Crippen molar-refractivity contribution in [2.45, 2.75) is 32.6 Å². The van der Waals surface area contributed by atoms with Gasteiger partial charge >= 0.3 is 0 Å². The molecule has 0 saturated heterocycles. The Morgan fingerprint density at radius 1 is 1.42 bits per heavy atom. The lowest BCUT2D eigenvalue weighted by Gasteiger charge is -2.28. The van der Waals surface area contributed by atoms with Gasteiger partial charge in [-0.2, -0.15) is 0 Å². The topological polar surface area (TPSA) is 95.4 Å². The Balaban J connectivity index is 2.11. The Morgan fingerprint density at radius 3 is 3.04 bits per heavy atom. The second-order valence-corrected chi connectivity index (χ2v) is 6.38. The van der Waals surface area contributed by atoms with Gasteiger partial charge in [-0.25, -0.2) is 9.97 Å². The number of nitrogens with zero attached hydrogens (tertiary/aromatic N) is 3. The molecule has 0 unspecified atom stereocenters. The number of aromatic nitrogens is 3. The molecular weight excluding hydrogens is 308 g/mol. The summed E-state index contributed by atoms with van der Waals surface area (Å²) in [5, 5.41) is 11.6. The van der Waals surface area contributed by atoms with Gasteiger partial charge in [0.05, 0.1) is 23.0 Å². The maximum Gasteiger partial charge on any atom is 0.152 e. The van der Waals surface area contributed by atoms with E-state index in [1.807, 2.05) is 29.7 Å². The van der Waals surface area contributed by atoms with E-state index in [1.165, 1.54) is 0 Å². The lowest BCUT2D eigenvalue weighted by molar-refractivity contribution is -0.00425. The van der Waals surface area contributed by atoms with E-state index in [0.717, 1.165) is 22.2 Å². The highest BCUT2D eigenvalue weighted by Crippen LogP contribution is 2.37. The largest absolute Gasteiger partial charge is 0.490 e. The molecule has 1 aromatic carbocycles. The van der Waals surface area contributed by atoms with E-state index in [2.05, 4.69) is 9.97 Å². The molecule has 126 valence electrons. The number of hydrogen-bond donors (Lipinski definition) is 2. The summed E-state index contributed by atoms with van der Waals surface area (Å²) in [5.74, 6) is 1.77. The van der Waals surface area contributed by atoms with Crippen LogP contribution in [0.5, 0.6) is 5.75 Å².